The van der Waals surface area contributed by atoms with Gasteiger partial charge in [0, 0.05) is 61.7 Å². The fraction of sp³-hybridized carbons (Fsp3) is 0.509. The Morgan fingerprint density at radius 2 is 1.60 bits per heavy atom. The van der Waals surface area contributed by atoms with Crippen LogP contribution in [0.4, 0.5) is 24.9 Å². The smallest absolute Gasteiger partial charge is 0.415 e. The molecule has 7 amide bonds. The molecule has 2 aromatic carbocycles. The van der Waals surface area contributed by atoms with Crippen LogP contribution in [0, 0.1) is 11.8 Å². The number of pyridine rings is 2. The first-order valence-corrected chi connectivity index (χ1v) is 29.7. The number of hydrogen-bond acceptors (Lipinski definition) is 18. The standard InChI is InChI=1S/C57H75N9O15S2/c1-11-37-38-26-36(19-20-42(38)61-46-39(37)28-66-44(46)27-41-40(49(66)69)30-78-51(71)57(41,76)12-2)81-55(75)65(10)23-22-64(9)54(74)79-29-34-15-17-35(18-16-34)60-47(67)43(14-13-21-59-52(58)72)62-48(68)45(32(3)4)63-53(73)80-31-56(7,8)83-82-25-24-77-50(70)33(5)6/h15-20,26-27,32-33,43,45,76H,11-14,21-25,28-31H2,1-10H3,(H,60,67)(H,62,68)(H,63,73)(H3,58,59,72)/t43-,45-,57-/m0/s1. The van der Waals surface area contributed by atoms with Gasteiger partial charge in [-0.3, -0.25) is 19.2 Å². The van der Waals surface area contributed by atoms with Gasteiger partial charge in [-0.05, 0) is 93.0 Å². The number of amides is 7. The first-order valence-electron chi connectivity index (χ1n) is 27.3. The van der Waals surface area contributed by atoms with E-state index in [-0.39, 0.29) is 106 Å². The number of benzene rings is 2. The fourth-order valence-corrected chi connectivity index (χ4v) is 11.2. The molecule has 26 heteroatoms. The number of aromatic nitrogens is 2. The number of nitrogens with zero attached hydrogens (tertiary/aromatic N) is 4. The third kappa shape index (κ3) is 16.6. The van der Waals surface area contributed by atoms with Crippen molar-refractivity contribution in [1.29, 1.82) is 0 Å². The Morgan fingerprint density at radius 3 is 2.25 bits per heavy atom. The summed E-state index contributed by atoms with van der Waals surface area (Å²) in [4.78, 5) is 124. The number of likely N-dealkylation sites (N-methyl/N-ethyl adjacent to an activating group) is 2. The molecule has 0 unspecified atom stereocenters. The SMILES string of the molecule is CCc1c2c(nc3ccc(OC(=O)N(C)CCN(C)C(=O)OCc4ccc(NC(=O)[C@H](CCCNC(N)=O)NC(=O)[C@@H](NC(=O)OCC(C)(C)SSCCOC(=O)C(C)C)C(C)C)cc4)cc13)-c1cc3c(c(=O)n1C2)COC(=O)[C@]3(O)CC. The number of nitrogens with two attached hydrogens (primary N) is 1. The summed E-state index contributed by atoms with van der Waals surface area (Å²) in [5.74, 6) is -2.13. The molecule has 2 aliphatic heterocycles. The highest BCUT2D eigenvalue weighted by Gasteiger charge is 2.45. The summed E-state index contributed by atoms with van der Waals surface area (Å²) in [7, 11) is 5.98. The van der Waals surface area contributed by atoms with Crippen LogP contribution in [0.2, 0.25) is 0 Å². The van der Waals surface area contributed by atoms with Gasteiger partial charge in [-0.1, -0.05) is 75.3 Å². The van der Waals surface area contributed by atoms with E-state index in [1.54, 1.807) is 87.7 Å². The van der Waals surface area contributed by atoms with E-state index in [1.165, 1.54) is 45.5 Å². The van der Waals surface area contributed by atoms with E-state index in [4.69, 9.17) is 34.4 Å². The average Bonchev–Trinajstić information content (AvgIpc) is 1.87. The van der Waals surface area contributed by atoms with Crippen molar-refractivity contribution in [3.8, 4) is 17.1 Å². The zero-order valence-electron chi connectivity index (χ0n) is 48.5. The number of fused-ring (bicyclic) bond motifs is 5. The summed E-state index contributed by atoms with van der Waals surface area (Å²) in [6.07, 6.45) is -1.23. The van der Waals surface area contributed by atoms with E-state index in [0.29, 0.717) is 40.3 Å². The maximum Gasteiger partial charge on any atom is 0.415 e. The van der Waals surface area contributed by atoms with E-state index in [9.17, 15) is 48.3 Å². The molecule has 4 heterocycles. The molecular weight excluding hydrogens is 1110 g/mol. The summed E-state index contributed by atoms with van der Waals surface area (Å²) in [5, 5.41) is 22.6. The molecule has 4 aromatic rings. The minimum atomic E-state index is -1.95. The second kappa shape index (κ2) is 28.6. The topological polar surface area (TPSA) is 318 Å². The van der Waals surface area contributed by atoms with Crippen molar-refractivity contribution in [3.63, 3.8) is 0 Å². The molecule has 83 heavy (non-hydrogen) atoms. The van der Waals surface area contributed by atoms with Gasteiger partial charge in [0.25, 0.3) is 5.56 Å². The number of aryl methyl sites for hydroxylation is 1. The summed E-state index contributed by atoms with van der Waals surface area (Å²) in [6, 6.07) is 10.2. The van der Waals surface area contributed by atoms with Gasteiger partial charge in [0.2, 0.25) is 11.8 Å². The molecule has 450 valence electrons. The van der Waals surface area contributed by atoms with Crippen molar-refractivity contribution in [1.82, 2.24) is 35.3 Å². The number of nitrogens with one attached hydrogen (secondary N) is 4. The van der Waals surface area contributed by atoms with Crippen LogP contribution in [0.25, 0.3) is 22.3 Å². The summed E-state index contributed by atoms with van der Waals surface area (Å²) < 4.78 is 28.2. The van der Waals surface area contributed by atoms with Crippen molar-refractivity contribution in [2.45, 2.75) is 123 Å². The number of esters is 2. The van der Waals surface area contributed by atoms with Crippen LogP contribution >= 0.6 is 21.6 Å². The van der Waals surface area contributed by atoms with E-state index >= 15 is 0 Å². The highest BCUT2D eigenvalue weighted by atomic mass is 33.1. The Hall–Kier alpha value is -7.58. The maximum atomic E-state index is 13.8. The highest BCUT2D eigenvalue weighted by Crippen LogP contribution is 2.41. The van der Waals surface area contributed by atoms with E-state index in [2.05, 4.69) is 21.3 Å². The lowest BCUT2D eigenvalue weighted by Gasteiger charge is -2.31. The Labute approximate surface area is 489 Å². The second-order valence-corrected chi connectivity index (χ2v) is 24.6. The molecule has 0 saturated heterocycles. The molecule has 0 bridgehead atoms. The quantitative estimate of drug-likeness (QED) is 0.0153. The van der Waals surface area contributed by atoms with Crippen molar-refractivity contribution in [2.24, 2.45) is 17.6 Å². The summed E-state index contributed by atoms with van der Waals surface area (Å²) in [5.41, 5.74) is 7.66. The van der Waals surface area contributed by atoms with Gasteiger partial charge in [-0.2, -0.15) is 0 Å². The Morgan fingerprint density at radius 1 is 0.904 bits per heavy atom. The number of carbonyl (C=O) groups is 8. The predicted octanol–water partition coefficient (Wildman–Crippen LogP) is 6.32. The number of anilines is 1. The Bertz CT molecular complexity index is 3140. The third-order valence-electron chi connectivity index (χ3n) is 13.9. The van der Waals surface area contributed by atoms with E-state index in [0.717, 1.165) is 16.5 Å². The van der Waals surface area contributed by atoms with Gasteiger partial charge < -0.3 is 70.2 Å². The summed E-state index contributed by atoms with van der Waals surface area (Å²) in [6.45, 7) is 14.8. The van der Waals surface area contributed by atoms with Gasteiger partial charge in [0.1, 0.15) is 44.3 Å². The first-order chi connectivity index (χ1) is 39.3. The minimum Gasteiger partial charge on any atom is -0.465 e. The zero-order chi connectivity index (χ0) is 60.9. The number of rotatable bonds is 26. The number of primary amides is 1. The van der Waals surface area contributed by atoms with E-state index < -0.39 is 70.4 Å². The summed E-state index contributed by atoms with van der Waals surface area (Å²) >= 11 is 0. The zero-order valence-corrected chi connectivity index (χ0v) is 50.1. The molecule has 2 aromatic heterocycles. The minimum absolute atomic E-state index is 0.00600. The van der Waals surface area contributed by atoms with Crippen LogP contribution in [-0.2, 0) is 69.9 Å². The van der Waals surface area contributed by atoms with Gasteiger partial charge in [-0.15, -0.1) is 0 Å². The monoisotopic (exact) mass is 1190 g/mol. The van der Waals surface area contributed by atoms with Crippen molar-refractivity contribution >= 4 is 86.2 Å². The number of cyclic esters (lactones) is 1. The van der Waals surface area contributed by atoms with Crippen molar-refractivity contribution in [3.05, 3.63) is 86.7 Å². The number of urea groups is 1. The molecule has 6 rings (SSSR count). The highest BCUT2D eigenvalue weighted by molar-refractivity contribution is 8.77. The lowest BCUT2D eigenvalue weighted by molar-refractivity contribution is -0.172. The molecule has 2 aliphatic rings. The average molecular weight is 1190 g/mol. The van der Waals surface area contributed by atoms with Crippen LogP contribution in [0.5, 0.6) is 5.75 Å². The number of ether oxygens (including phenoxy) is 5. The molecule has 0 spiro atoms. The molecule has 0 fully saturated rings. The number of carbonyl (C=O) groups excluding carboxylic acids is 8. The third-order valence-corrected chi connectivity index (χ3v) is 17.1. The number of aliphatic hydroxyl groups is 1. The van der Waals surface area contributed by atoms with Crippen LogP contribution < -0.4 is 37.3 Å². The number of hydrogen-bond donors (Lipinski definition) is 6. The molecule has 3 atom stereocenters. The largest absolute Gasteiger partial charge is 0.465 e. The Balaban J connectivity index is 0.976. The normalized spacial score (nSPS) is 15.0. The lowest BCUT2D eigenvalue weighted by Crippen LogP contribution is -2.54. The van der Waals surface area contributed by atoms with Gasteiger partial charge in [-0.25, -0.2) is 29.0 Å². The van der Waals surface area contributed by atoms with Crippen LogP contribution in [0.3, 0.4) is 0 Å². The van der Waals surface area contributed by atoms with Gasteiger partial charge in [0.15, 0.2) is 5.60 Å². The second-order valence-electron chi connectivity index (χ2n) is 21.4. The van der Waals surface area contributed by atoms with Crippen LogP contribution in [-0.4, -0.2) is 142 Å². The molecule has 7 N–H and O–H groups in total. The van der Waals surface area contributed by atoms with Crippen molar-refractivity contribution < 1.29 is 67.1 Å². The predicted molar refractivity (Wildman–Crippen MR) is 312 cm³/mol. The van der Waals surface area contributed by atoms with Crippen molar-refractivity contribution in [2.75, 3.05) is 58.0 Å². The fourth-order valence-electron chi connectivity index (χ4n) is 9.00. The van der Waals surface area contributed by atoms with E-state index in [1.807, 2.05) is 20.8 Å². The first kappa shape index (κ1) is 64.6. The number of alkyl carbamates (subject to hydrolysis) is 1. The van der Waals surface area contributed by atoms with Crippen LogP contribution in [0.15, 0.2) is 53.3 Å². The molecule has 24 nitrogen and oxygen atoms in total. The molecule has 0 aliphatic carbocycles. The molecule has 0 radical (unpaired) electrons. The molecular formula is C57H75N9O15S2. The van der Waals surface area contributed by atoms with Crippen LogP contribution in [0.1, 0.15) is 102 Å². The Kier molecular flexibility index (Phi) is 22.3. The van der Waals surface area contributed by atoms with Gasteiger partial charge in [0.05, 0.1) is 39.7 Å². The lowest BCUT2D eigenvalue weighted by atomic mass is 9.86. The maximum absolute atomic E-state index is 13.8. The van der Waals surface area contributed by atoms with Gasteiger partial charge >= 0.3 is 36.2 Å². The molecule has 0 saturated carbocycles.